The van der Waals surface area contributed by atoms with Crippen LogP contribution in [0.5, 0.6) is 5.88 Å². The van der Waals surface area contributed by atoms with Gasteiger partial charge in [-0.2, -0.15) is 4.98 Å². The van der Waals surface area contributed by atoms with E-state index in [-0.39, 0.29) is 0 Å². The van der Waals surface area contributed by atoms with Gasteiger partial charge in [-0.15, -0.1) is 11.6 Å². The number of ether oxygens (including phenoxy) is 1. The maximum atomic E-state index is 6.03. The van der Waals surface area contributed by atoms with Gasteiger partial charge in [0.25, 0.3) is 0 Å². The quantitative estimate of drug-likeness (QED) is 0.692. The lowest BCUT2D eigenvalue weighted by Gasteiger charge is -2.08. The Morgan fingerprint density at radius 2 is 1.86 bits per heavy atom. The number of methoxy groups -OCH3 is 1. The van der Waals surface area contributed by atoms with Crippen molar-refractivity contribution < 1.29 is 4.74 Å². The van der Waals surface area contributed by atoms with Gasteiger partial charge in [-0.1, -0.05) is 29.8 Å². The van der Waals surface area contributed by atoms with E-state index in [4.69, 9.17) is 16.3 Å². The minimum atomic E-state index is 0.352. The third-order valence-electron chi connectivity index (χ3n) is 3.44. The fraction of sp³-hybridized carbons (Fsp3) is 0.250. The first-order valence-corrected chi connectivity index (χ1v) is 7.26. The molecule has 3 aromatic rings. The molecule has 0 aliphatic heterocycles. The number of fused-ring (bicyclic) bond motifs is 1. The van der Waals surface area contributed by atoms with Gasteiger partial charge in [-0.25, -0.2) is 4.98 Å². The van der Waals surface area contributed by atoms with Crippen molar-refractivity contribution in [3.8, 4) is 5.88 Å². The molecule has 0 spiro atoms. The van der Waals surface area contributed by atoms with Crippen molar-refractivity contribution in [1.82, 2.24) is 14.5 Å². The topological polar surface area (TPSA) is 39.9 Å². The minimum Gasteiger partial charge on any atom is -0.481 e. The standard InChI is InChI=1S/C16H16ClN3O/c1-11-3-5-12(6-4-11)10-20-14(9-17)18-13-7-8-15(21-2)19-16(13)20/h3-8H,9-10H2,1-2H3. The van der Waals surface area contributed by atoms with E-state index < -0.39 is 0 Å². The first-order chi connectivity index (χ1) is 10.2. The van der Waals surface area contributed by atoms with Gasteiger partial charge in [0.1, 0.15) is 11.3 Å². The Hall–Kier alpha value is -2.07. The molecule has 0 atom stereocenters. The highest BCUT2D eigenvalue weighted by Gasteiger charge is 2.12. The Balaban J connectivity index is 2.08. The van der Waals surface area contributed by atoms with Gasteiger partial charge in [0.2, 0.25) is 5.88 Å². The zero-order valence-corrected chi connectivity index (χ0v) is 12.8. The monoisotopic (exact) mass is 301 g/mol. The summed E-state index contributed by atoms with van der Waals surface area (Å²) in [7, 11) is 1.61. The lowest BCUT2D eigenvalue weighted by atomic mass is 10.1. The molecular formula is C16H16ClN3O. The van der Waals surface area contributed by atoms with Gasteiger partial charge in [0, 0.05) is 6.07 Å². The van der Waals surface area contributed by atoms with Crippen LogP contribution >= 0.6 is 11.6 Å². The summed E-state index contributed by atoms with van der Waals surface area (Å²) in [4.78, 5) is 9.03. The highest BCUT2D eigenvalue weighted by atomic mass is 35.5. The number of alkyl halides is 1. The summed E-state index contributed by atoms with van der Waals surface area (Å²) >= 11 is 6.03. The highest BCUT2D eigenvalue weighted by Crippen LogP contribution is 2.20. The number of rotatable bonds is 4. The van der Waals surface area contributed by atoms with Crippen molar-refractivity contribution in [2.45, 2.75) is 19.3 Å². The normalized spacial score (nSPS) is 11.0. The Labute approximate surface area is 128 Å². The number of halogens is 1. The van der Waals surface area contributed by atoms with Gasteiger partial charge in [-0.3, -0.25) is 0 Å². The molecule has 5 heteroatoms. The number of hydrogen-bond donors (Lipinski definition) is 0. The first-order valence-electron chi connectivity index (χ1n) is 6.73. The van der Waals surface area contributed by atoms with Crippen LogP contribution in [0.4, 0.5) is 0 Å². The molecule has 2 heterocycles. The molecule has 0 N–H and O–H groups in total. The van der Waals surface area contributed by atoms with Crippen molar-refractivity contribution in [2.24, 2.45) is 0 Å². The second kappa shape index (κ2) is 5.74. The van der Waals surface area contributed by atoms with E-state index in [2.05, 4.69) is 41.2 Å². The lowest BCUT2D eigenvalue weighted by molar-refractivity contribution is 0.399. The van der Waals surface area contributed by atoms with E-state index in [1.165, 1.54) is 11.1 Å². The van der Waals surface area contributed by atoms with Crippen molar-refractivity contribution in [3.63, 3.8) is 0 Å². The van der Waals surface area contributed by atoms with Gasteiger partial charge in [-0.05, 0) is 18.6 Å². The van der Waals surface area contributed by atoms with Gasteiger partial charge >= 0.3 is 0 Å². The van der Waals surface area contributed by atoms with Crippen LogP contribution < -0.4 is 4.74 Å². The van der Waals surface area contributed by atoms with Crippen molar-refractivity contribution >= 4 is 22.8 Å². The second-order valence-electron chi connectivity index (χ2n) is 4.93. The van der Waals surface area contributed by atoms with Crippen LogP contribution in [0.25, 0.3) is 11.2 Å². The predicted molar refractivity (Wildman–Crippen MR) is 83.9 cm³/mol. The smallest absolute Gasteiger partial charge is 0.215 e. The van der Waals surface area contributed by atoms with Crippen LogP contribution in [-0.4, -0.2) is 21.6 Å². The summed E-state index contributed by atoms with van der Waals surface area (Å²) in [5, 5.41) is 0. The number of imidazole rings is 1. The molecular weight excluding hydrogens is 286 g/mol. The van der Waals surface area contributed by atoms with Gasteiger partial charge < -0.3 is 9.30 Å². The number of nitrogens with zero attached hydrogens (tertiary/aromatic N) is 3. The molecule has 0 saturated carbocycles. The molecule has 0 amide bonds. The van der Waals surface area contributed by atoms with E-state index in [9.17, 15) is 0 Å². The van der Waals surface area contributed by atoms with Crippen LogP contribution in [0, 0.1) is 6.92 Å². The average molecular weight is 302 g/mol. The van der Waals surface area contributed by atoms with Crippen LogP contribution in [0.3, 0.4) is 0 Å². The highest BCUT2D eigenvalue weighted by molar-refractivity contribution is 6.16. The molecule has 0 unspecified atom stereocenters. The van der Waals surface area contributed by atoms with Crippen LogP contribution in [0.2, 0.25) is 0 Å². The molecule has 108 valence electrons. The third kappa shape index (κ3) is 2.72. The summed E-state index contributed by atoms with van der Waals surface area (Å²) in [5.41, 5.74) is 4.06. The molecule has 4 nitrogen and oxygen atoms in total. The van der Waals surface area contributed by atoms with E-state index in [1.807, 2.05) is 16.7 Å². The van der Waals surface area contributed by atoms with Crippen molar-refractivity contribution in [1.29, 1.82) is 0 Å². The molecule has 0 bridgehead atoms. The zero-order valence-electron chi connectivity index (χ0n) is 12.0. The van der Waals surface area contributed by atoms with E-state index in [0.29, 0.717) is 18.3 Å². The Morgan fingerprint density at radius 3 is 2.52 bits per heavy atom. The van der Waals surface area contributed by atoms with Gasteiger partial charge in [0.15, 0.2) is 5.65 Å². The van der Waals surface area contributed by atoms with Gasteiger partial charge in [0.05, 0.1) is 19.5 Å². The number of benzene rings is 1. The largest absolute Gasteiger partial charge is 0.481 e. The molecule has 0 saturated heterocycles. The fourth-order valence-corrected chi connectivity index (χ4v) is 2.49. The molecule has 2 aromatic heterocycles. The summed E-state index contributed by atoms with van der Waals surface area (Å²) in [6.07, 6.45) is 0. The number of pyridine rings is 1. The Bertz CT molecular complexity index is 765. The molecule has 0 aliphatic carbocycles. The van der Waals surface area contributed by atoms with Crippen LogP contribution in [-0.2, 0) is 12.4 Å². The molecule has 1 aromatic carbocycles. The Morgan fingerprint density at radius 1 is 1.10 bits per heavy atom. The van der Waals surface area contributed by atoms with Crippen molar-refractivity contribution in [2.75, 3.05) is 7.11 Å². The minimum absolute atomic E-state index is 0.352. The fourth-order valence-electron chi connectivity index (χ4n) is 2.29. The molecule has 0 aliphatic rings. The Kier molecular flexibility index (Phi) is 3.80. The molecule has 0 fully saturated rings. The van der Waals surface area contributed by atoms with E-state index in [1.54, 1.807) is 7.11 Å². The zero-order chi connectivity index (χ0) is 14.8. The number of hydrogen-bond acceptors (Lipinski definition) is 3. The molecule has 21 heavy (non-hydrogen) atoms. The van der Waals surface area contributed by atoms with Crippen LogP contribution in [0.15, 0.2) is 36.4 Å². The van der Waals surface area contributed by atoms with Crippen LogP contribution in [0.1, 0.15) is 17.0 Å². The first kappa shape index (κ1) is 13.9. The van der Waals surface area contributed by atoms with E-state index >= 15 is 0 Å². The lowest BCUT2D eigenvalue weighted by Crippen LogP contribution is -2.05. The summed E-state index contributed by atoms with van der Waals surface area (Å²) < 4.78 is 7.24. The molecule has 3 rings (SSSR count). The SMILES string of the molecule is COc1ccc2nc(CCl)n(Cc3ccc(C)cc3)c2n1. The predicted octanol–water partition coefficient (Wildman–Crippen LogP) is 3.54. The summed E-state index contributed by atoms with van der Waals surface area (Å²) in [5.74, 6) is 1.74. The van der Waals surface area contributed by atoms with E-state index in [0.717, 1.165) is 17.0 Å². The summed E-state index contributed by atoms with van der Waals surface area (Å²) in [6, 6.07) is 12.1. The maximum absolute atomic E-state index is 6.03. The number of aromatic nitrogens is 3. The summed E-state index contributed by atoms with van der Waals surface area (Å²) in [6.45, 7) is 2.77. The van der Waals surface area contributed by atoms with Crippen molar-refractivity contribution in [3.05, 3.63) is 53.3 Å². The average Bonchev–Trinajstić information content (AvgIpc) is 2.86. The second-order valence-corrected chi connectivity index (χ2v) is 5.20. The molecule has 0 radical (unpaired) electrons. The maximum Gasteiger partial charge on any atom is 0.215 e. The number of aryl methyl sites for hydroxylation is 1. The third-order valence-corrected chi connectivity index (χ3v) is 3.67.